The number of benzene rings is 1. The van der Waals surface area contributed by atoms with Crippen LogP contribution in [0.5, 0.6) is 0 Å². The van der Waals surface area contributed by atoms with Gasteiger partial charge in [0.05, 0.1) is 4.99 Å². The van der Waals surface area contributed by atoms with Crippen LogP contribution in [0, 0.1) is 5.41 Å². The van der Waals surface area contributed by atoms with Crippen LogP contribution in [0.2, 0.25) is 0 Å². The molecule has 0 heterocycles. The number of thiocarbonyl (C=S) groups is 1. The minimum Gasteiger partial charge on any atom is -0.339 e. The molecular weight excluding hydrogens is 190 g/mol. The zero-order valence-electron chi connectivity index (χ0n) is 9.24. The molecule has 0 saturated heterocycles. The van der Waals surface area contributed by atoms with Crippen LogP contribution < -0.4 is 4.90 Å². The Morgan fingerprint density at radius 1 is 1.14 bits per heavy atom. The summed E-state index contributed by atoms with van der Waals surface area (Å²) in [5.74, 6) is 0. The lowest BCUT2D eigenvalue weighted by Gasteiger charge is -2.29. The van der Waals surface area contributed by atoms with Gasteiger partial charge < -0.3 is 4.90 Å². The number of hydrogen-bond donors (Lipinski definition) is 0. The van der Waals surface area contributed by atoms with E-state index in [2.05, 4.69) is 37.8 Å². The second kappa shape index (κ2) is 4.09. The average Bonchev–Trinajstić information content (AvgIpc) is 2.15. The van der Waals surface area contributed by atoms with Crippen molar-refractivity contribution in [3.8, 4) is 0 Å². The van der Waals surface area contributed by atoms with Crippen molar-refractivity contribution in [3.63, 3.8) is 0 Å². The predicted molar refractivity (Wildman–Crippen MR) is 66.9 cm³/mol. The summed E-state index contributed by atoms with van der Waals surface area (Å²) < 4.78 is 0. The molecule has 0 atom stereocenters. The van der Waals surface area contributed by atoms with E-state index >= 15 is 0 Å². The van der Waals surface area contributed by atoms with Gasteiger partial charge in [0.25, 0.3) is 0 Å². The van der Waals surface area contributed by atoms with Gasteiger partial charge in [0.2, 0.25) is 0 Å². The summed E-state index contributed by atoms with van der Waals surface area (Å²) in [6, 6.07) is 10.2. The van der Waals surface area contributed by atoms with Gasteiger partial charge in [-0.15, -0.1) is 0 Å². The first-order chi connectivity index (χ1) is 6.43. The Hall–Kier alpha value is -0.890. The van der Waals surface area contributed by atoms with Crippen molar-refractivity contribution in [3.05, 3.63) is 30.3 Å². The van der Waals surface area contributed by atoms with Crippen LogP contribution in [0.1, 0.15) is 20.8 Å². The molecule has 0 aliphatic heterocycles. The predicted octanol–water partition coefficient (Wildman–Crippen LogP) is 3.50. The second-order valence-electron chi connectivity index (χ2n) is 4.45. The summed E-state index contributed by atoms with van der Waals surface area (Å²) in [7, 11) is 2.02. The molecule has 1 aromatic rings. The summed E-state index contributed by atoms with van der Waals surface area (Å²) >= 11 is 5.42. The van der Waals surface area contributed by atoms with Crippen LogP contribution in [-0.4, -0.2) is 12.0 Å². The van der Waals surface area contributed by atoms with E-state index in [0.717, 1.165) is 10.7 Å². The lowest BCUT2D eigenvalue weighted by molar-refractivity contribution is 0.591. The fraction of sp³-hybridized carbons (Fsp3) is 0.417. The van der Waals surface area contributed by atoms with Crippen LogP contribution in [0.4, 0.5) is 5.69 Å². The SMILES string of the molecule is CN(C(=S)C(C)(C)C)c1ccccc1. The molecule has 0 saturated carbocycles. The molecule has 0 radical (unpaired) electrons. The molecule has 0 fully saturated rings. The Balaban J connectivity index is 2.87. The highest BCUT2D eigenvalue weighted by Gasteiger charge is 2.21. The summed E-state index contributed by atoms with van der Waals surface area (Å²) in [4.78, 5) is 3.03. The van der Waals surface area contributed by atoms with Gasteiger partial charge in [-0.1, -0.05) is 51.2 Å². The highest BCUT2D eigenvalue weighted by Crippen LogP contribution is 2.22. The molecule has 0 aliphatic carbocycles. The van der Waals surface area contributed by atoms with Crippen LogP contribution in [0.3, 0.4) is 0 Å². The maximum Gasteiger partial charge on any atom is 0.0875 e. The first-order valence-electron chi connectivity index (χ1n) is 4.76. The quantitative estimate of drug-likeness (QED) is 0.648. The third kappa shape index (κ3) is 2.55. The third-order valence-corrected chi connectivity index (χ3v) is 2.98. The highest BCUT2D eigenvalue weighted by atomic mass is 32.1. The molecule has 1 aromatic carbocycles. The fourth-order valence-corrected chi connectivity index (χ4v) is 1.38. The van der Waals surface area contributed by atoms with E-state index in [0.29, 0.717) is 0 Å². The molecule has 2 heteroatoms. The van der Waals surface area contributed by atoms with Crippen molar-refractivity contribution in [1.82, 2.24) is 0 Å². The van der Waals surface area contributed by atoms with Gasteiger partial charge in [-0.05, 0) is 12.1 Å². The van der Waals surface area contributed by atoms with Crippen molar-refractivity contribution < 1.29 is 0 Å². The summed E-state index contributed by atoms with van der Waals surface area (Å²) in [5, 5.41) is 0. The van der Waals surface area contributed by atoms with Crippen LogP contribution >= 0.6 is 12.2 Å². The highest BCUT2D eigenvalue weighted by molar-refractivity contribution is 7.80. The van der Waals surface area contributed by atoms with Crippen LogP contribution in [0.15, 0.2) is 30.3 Å². The molecule has 0 aliphatic rings. The zero-order valence-corrected chi connectivity index (χ0v) is 10.1. The van der Waals surface area contributed by atoms with Gasteiger partial charge in [0.15, 0.2) is 0 Å². The van der Waals surface area contributed by atoms with E-state index in [1.807, 2.05) is 25.2 Å². The monoisotopic (exact) mass is 207 g/mol. The van der Waals surface area contributed by atoms with Gasteiger partial charge in [-0.25, -0.2) is 0 Å². The number of hydrogen-bond acceptors (Lipinski definition) is 1. The van der Waals surface area contributed by atoms with Gasteiger partial charge in [-0.2, -0.15) is 0 Å². The van der Waals surface area contributed by atoms with Gasteiger partial charge >= 0.3 is 0 Å². The maximum atomic E-state index is 5.42. The normalized spacial score (nSPS) is 11.1. The lowest BCUT2D eigenvalue weighted by Crippen LogP contribution is -2.34. The number of anilines is 1. The van der Waals surface area contributed by atoms with E-state index in [4.69, 9.17) is 12.2 Å². The van der Waals surface area contributed by atoms with Crippen molar-refractivity contribution in [2.45, 2.75) is 20.8 Å². The standard InChI is InChI=1S/C12H17NS/c1-12(2,3)11(14)13(4)10-8-6-5-7-9-10/h5-9H,1-4H3. The first kappa shape index (κ1) is 11.2. The molecule has 0 aromatic heterocycles. The molecule has 76 valence electrons. The summed E-state index contributed by atoms with van der Waals surface area (Å²) in [6.45, 7) is 6.40. The number of nitrogens with zero attached hydrogens (tertiary/aromatic N) is 1. The van der Waals surface area contributed by atoms with E-state index in [-0.39, 0.29) is 5.41 Å². The van der Waals surface area contributed by atoms with Crippen molar-refractivity contribution in [1.29, 1.82) is 0 Å². The van der Waals surface area contributed by atoms with Gasteiger partial charge in [-0.3, -0.25) is 0 Å². The Morgan fingerprint density at radius 3 is 2.07 bits per heavy atom. The van der Waals surface area contributed by atoms with E-state index < -0.39 is 0 Å². The summed E-state index contributed by atoms with van der Waals surface area (Å²) in [5.41, 5.74) is 1.19. The molecule has 1 rings (SSSR count). The molecule has 0 spiro atoms. The van der Waals surface area contributed by atoms with E-state index in [9.17, 15) is 0 Å². The van der Waals surface area contributed by atoms with Crippen molar-refractivity contribution >= 4 is 22.9 Å². The van der Waals surface area contributed by atoms with Crippen molar-refractivity contribution in [2.24, 2.45) is 5.41 Å². The van der Waals surface area contributed by atoms with E-state index in [1.54, 1.807) is 0 Å². The zero-order chi connectivity index (χ0) is 10.8. The molecule has 0 bridgehead atoms. The van der Waals surface area contributed by atoms with Crippen LogP contribution in [-0.2, 0) is 0 Å². The number of para-hydroxylation sites is 1. The van der Waals surface area contributed by atoms with Crippen LogP contribution in [0.25, 0.3) is 0 Å². The smallest absolute Gasteiger partial charge is 0.0875 e. The molecule has 0 unspecified atom stereocenters. The topological polar surface area (TPSA) is 3.24 Å². The Labute approximate surface area is 91.7 Å². The Kier molecular flexibility index (Phi) is 3.27. The number of rotatable bonds is 1. The van der Waals surface area contributed by atoms with E-state index in [1.165, 1.54) is 0 Å². The Morgan fingerprint density at radius 2 is 1.64 bits per heavy atom. The second-order valence-corrected chi connectivity index (χ2v) is 4.84. The maximum absolute atomic E-state index is 5.42. The minimum atomic E-state index is 0.0416. The third-order valence-electron chi connectivity index (χ3n) is 2.09. The molecular formula is C12H17NS. The molecule has 0 amide bonds. The average molecular weight is 207 g/mol. The lowest BCUT2D eigenvalue weighted by atomic mass is 9.96. The molecule has 0 N–H and O–H groups in total. The Bertz CT molecular complexity index is 311. The fourth-order valence-electron chi connectivity index (χ4n) is 1.27. The first-order valence-corrected chi connectivity index (χ1v) is 5.17. The summed E-state index contributed by atoms with van der Waals surface area (Å²) in [6.07, 6.45) is 0. The largest absolute Gasteiger partial charge is 0.339 e. The van der Waals surface area contributed by atoms with Crippen molar-refractivity contribution in [2.75, 3.05) is 11.9 Å². The molecule has 14 heavy (non-hydrogen) atoms. The van der Waals surface area contributed by atoms with Gasteiger partial charge in [0, 0.05) is 18.2 Å². The minimum absolute atomic E-state index is 0.0416. The molecule has 1 nitrogen and oxygen atoms in total. The van der Waals surface area contributed by atoms with Gasteiger partial charge in [0.1, 0.15) is 0 Å².